The minimum Gasteiger partial charge on any atom is -0.462 e. The molecule has 0 aromatic heterocycles. The van der Waals surface area contributed by atoms with Gasteiger partial charge in [0.15, 0.2) is 0 Å². The van der Waals surface area contributed by atoms with Gasteiger partial charge in [-0.05, 0) is 30.2 Å². The number of unbranched alkanes of at least 4 members (excludes halogenated alkanes) is 1. The zero-order valence-corrected chi connectivity index (χ0v) is 15.1. The number of carbonyl (C=O) groups excluding carboxylic acids is 2. The van der Waals surface area contributed by atoms with Gasteiger partial charge in [-0.15, -0.1) is 0 Å². The fourth-order valence-corrected chi connectivity index (χ4v) is 2.59. The van der Waals surface area contributed by atoms with Crippen molar-refractivity contribution in [3.63, 3.8) is 0 Å². The first-order chi connectivity index (χ1) is 11.6. The third-order valence-corrected chi connectivity index (χ3v) is 4.23. The van der Waals surface area contributed by atoms with Crippen molar-refractivity contribution in [1.82, 2.24) is 0 Å². The van der Waals surface area contributed by atoms with Crippen LogP contribution in [0.2, 0.25) is 0 Å². The molecule has 0 heterocycles. The molecule has 0 saturated heterocycles. The molecule has 0 aliphatic carbocycles. The Labute approximate surface area is 150 Å². The number of rotatable bonds is 7. The molecule has 0 aliphatic rings. The highest BCUT2D eigenvalue weighted by Crippen LogP contribution is 2.19. The van der Waals surface area contributed by atoms with Gasteiger partial charge in [0, 0.05) is 4.47 Å². The van der Waals surface area contributed by atoms with Crippen LogP contribution < -0.4 is 5.32 Å². The zero-order chi connectivity index (χ0) is 17.4. The van der Waals surface area contributed by atoms with Crippen LogP contribution in [0, 0.1) is 0 Å². The molecule has 2 aromatic rings. The van der Waals surface area contributed by atoms with Crippen molar-refractivity contribution >= 4 is 33.5 Å². The summed E-state index contributed by atoms with van der Waals surface area (Å²) in [6, 6.07) is 14.4. The fourth-order valence-electron chi connectivity index (χ4n) is 2.17. The summed E-state index contributed by atoms with van der Waals surface area (Å²) < 4.78 is 6.11. The average molecular weight is 390 g/mol. The van der Waals surface area contributed by atoms with E-state index in [9.17, 15) is 9.59 Å². The van der Waals surface area contributed by atoms with E-state index < -0.39 is 5.97 Å². The molecule has 0 fully saturated rings. The first kappa shape index (κ1) is 18.2. The summed E-state index contributed by atoms with van der Waals surface area (Å²) in [5.74, 6) is -0.601. The van der Waals surface area contributed by atoms with Crippen LogP contribution in [0.15, 0.2) is 53.0 Å². The Balaban J connectivity index is 2.05. The number of nitrogens with one attached hydrogen (secondary N) is 1. The van der Waals surface area contributed by atoms with Crippen LogP contribution in [0.4, 0.5) is 5.69 Å². The number of carbonyl (C=O) groups is 2. The summed E-state index contributed by atoms with van der Waals surface area (Å²) in [6.45, 7) is 2.41. The Morgan fingerprint density at radius 2 is 1.79 bits per heavy atom. The van der Waals surface area contributed by atoms with Crippen molar-refractivity contribution in [2.24, 2.45) is 0 Å². The molecule has 0 aliphatic heterocycles. The molecule has 2 aromatic carbocycles. The van der Waals surface area contributed by atoms with Gasteiger partial charge in [-0.3, -0.25) is 4.79 Å². The molecule has 1 N–H and O–H groups in total. The molecule has 0 unspecified atom stereocenters. The molecule has 4 nitrogen and oxygen atoms in total. The maximum absolute atomic E-state index is 12.3. The van der Waals surface area contributed by atoms with Gasteiger partial charge in [0.25, 0.3) is 0 Å². The predicted octanol–water partition coefficient (Wildman–Crippen LogP) is 4.59. The number of benzene rings is 2. The van der Waals surface area contributed by atoms with E-state index in [1.165, 1.54) is 0 Å². The summed E-state index contributed by atoms with van der Waals surface area (Å²) in [5, 5.41) is 2.80. The lowest BCUT2D eigenvalue weighted by Gasteiger charge is -2.11. The van der Waals surface area contributed by atoms with Crippen LogP contribution in [0.3, 0.4) is 0 Å². The van der Waals surface area contributed by atoms with Crippen LogP contribution in [0.5, 0.6) is 0 Å². The van der Waals surface area contributed by atoms with Gasteiger partial charge in [0.2, 0.25) is 5.91 Å². The Bertz CT molecular complexity index is 715. The van der Waals surface area contributed by atoms with Crippen molar-refractivity contribution in [3.05, 3.63) is 64.1 Å². The Kier molecular flexibility index (Phi) is 7.00. The molecule has 0 spiro atoms. The van der Waals surface area contributed by atoms with Crippen LogP contribution in [0.25, 0.3) is 0 Å². The lowest BCUT2D eigenvalue weighted by atomic mass is 10.1. The highest BCUT2D eigenvalue weighted by atomic mass is 79.9. The van der Waals surface area contributed by atoms with Gasteiger partial charge >= 0.3 is 5.97 Å². The number of halogens is 1. The quantitative estimate of drug-likeness (QED) is 0.556. The summed E-state index contributed by atoms with van der Waals surface area (Å²) >= 11 is 3.43. The van der Waals surface area contributed by atoms with Crippen molar-refractivity contribution in [2.75, 3.05) is 11.9 Å². The number of anilines is 1. The molecule has 0 saturated carbocycles. The number of ether oxygens (including phenoxy) is 1. The maximum atomic E-state index is 12.3. The lowest BCUT2D eigenvalue weighted by Crippen LogP contribution is -2.18. The highest BCUT2D eigenvalue weighted by Gasteiger charge is 2.15. The van der Waals surface area contributed by atoms with Crippen LogP contribution in [-0.2, 0) is 16.0 Å². The SMILES string of the molecule is CCCCOC(=O)c1ccccc1NC(=O)Cc1ccccc1Br. The van der Waals surface area contributed by atoms with Gasteiger partial charge in [0.1, 0.15) is 0 Å². The van der Waals surface area contributed by atoms with E-state index in [0.29, 0.717) is 17.9 Å². The largest absolute Gasteiger partial charge is 0.462 e. The van der Waals surface area contributed by atoms with Crippen molar-refractivity contribution in [2.45, 2.75) is 26.2 Å². The summed E-state index contributed by atoms with van der Waals surface area (Å²) in [4.78, 5) is 24.4. The van der Waals surface area contributed by atoms with Gasteiger partial charge in [-0.25, -0.2) is 4.79 Å². The number of esters is 1. The van der Waals surface area contributed by atoms with Crippen LogP contribution in [-0.4, -0.2) is 18.5 Å². The summed E-state index contributed by atoms with van der Waals surface area (Å²) in [5.41, 5.74) is 1.73. The molecule has 24 heavy (non-hydrogen) atoms. The molecule has 5 heteroatoms. The maximum Gasteiger partial charge on any atom is 0.340 e. The van der Waals surface area contributed by atoms with Gasteiger partial charge in [-0.2, -0.15) is 0 Å². The molecule has 0 radical (unpaired) electrons. The van der Waals surface area contributed by atoms with Crippen molar-refractivity contribution < 1.29 is 14.3 Å². The standard InChI is InChI=1S/C19H20BrNO3/c1-2-3-12-24-19(23)15-9-5-7-11-17(15)21-18(22)13-14-8-4-6-10-16(14)20/h4-11H,2-3,12-13H2,1H3,(H,21,22). The molecule has 2 rings (SSSR count). The second-order valence-electron chi connectivity index (χ2n) is 5.35. The summed E-state index contributed by atoms with van der Waals surface area (Å²) in [7, 11) is 0. The van der Waals surface area contributed by atoms with E-state index in [1.54, 1.807) is 24.3 Å². The topological polar surface area (TPSA) is 55.4 Å². The second-order valence-corrected chi connectivity index (χ2v) is 6.21. The number of amides is 1. The van der Waals surface area contributed by atoms with E-state index >= 15 is 0 Å². The van der Waals surface area contributed by atoms with Crippen LogP contribution in [0.1, 0.15) is 35.7 Å². The molecule has 126 valence electrons. The van der Waals surface area contributed by atoms with E-state index in [1.807, 2.05) is 31.2 Å². The fraction of sp³-hybridized carbons (Fsp3) is 0.263. The second kappa shape index (κ2) is 9.23. The molecule has 0 bridgehead atoms. The minimum absolute atomic E-state index is 0.185. The van der Waals surface area contributed by atoms with Crippen molar-refractivity contribution in [3.8, 4) is 0 Å². The highest BCUT2D eigenvalue weighted by molar-refractivity contribution is 9.10. The minimum atomic E-state index is -0.416. The predicted molar refractivity (Wildman–Crippen MR) is 98.1 cm³/mol. The van der Waals surface area contributed by atoms with Crippen molar-refractivity contribution in [1.29, 1.82) is 0 Å². The summed E-state index contributed by atoms with van der Waals surface area (Å²) in [6.07, 6.45) is 2.00. The monoisotopic (exact) mass is 389 g/mol. The van der Waals surface area contributed by atoms with Crippen LogP contribution >= 0.6 is 15.9 Å². The third-order valence-electron chi connectivity index (χ3n) is 3.46. The van der Waals surface area contributed by atoms with Gasteiger partial charge in [0.05, 0.1) is 24.3 Å². The number of para-hydroxylation sites is 1. The lowest BCUT2D eigenvalue weighted by molar-refractivity contribution is -0.115. The Morgan fingerprint density at radius 3 is 2.54 bits per heavy atom. The number of hydrogen-bond acceptors (Lipinski definition) is 3. The van der Waals surface area contributed by atoms with E-state index in [2.05, 4.69) is 21.2 Å². The van der Waals surface area contributed by atoms with E-state index in [0.717, 1.165) is 22.9 Å². The number of hydrogen-bond donors (Lipinski definition) is 1. The Hall–Kier alpha value is -2.14. The normalized spacial score (nSPS) is 10.2. The van der Waals surface area contributed by atoms with E-state index in [-0.39, 0.29) is 12.3 Å². The third kappa shape index (κ3) is 5.20. The first-order valence-electron chi connectivity index (χ1n) is 7.91. The smallest absolute Gasteiger partial charge is 0.340 e. The van der Waals surface area contributed by atoms with Gasteiger partial charge in [-0.1, -0.05) is 59.6 Å². The Morgan fingerprint density at radius 1 is 1.08 bits per heavy atom. The first-order valence-corrected chi connectivity index (χ1v) is 8.70. The molecule has 1 amide bonds. The molecular formula is C19H20BrNO3. The molecular weight excluding hydrogens is 370 g/mol. The zero-order valence-electron chi connectivity index (χ0n) is 13.5. The van der Waals surface area contributed by atoms with E-state index in [4.69, 9.17) is 4.74 Å². The van der Waals surface area contributed by atoms with Gasteiger partial charge < -0.3 is 10.1 Å². The average Bonchev–Trinajstić information content (AvgIpc) is 2.57. The molecule has 0 atom stereocenters.